The number of cyclic esters (lactones) is 1. The fourth-order valence-corrected chi connectivity index (χ4v) is 7.53. The number of anilines is 1. The van der Waals surface area contributed by atoms with Gasteiger partial charge < -0.3 is 29.7 Å². The Hall–Kier alpha value is -4.12. The van der Waals surface area contributed by atoms with Gasteiger partial charge in [0.25, 0.3) is 5.91 Å². The molecule has 10 nitrogen and oxygen atoms in total. The van der Waals surface area contributed by atoms with E-state index in [1.165, 1.54) is 34.3 Å². The van der Waals surface area contributed by atoms with E-state index in [2.05, 4.69) is 40.7 Å². The molecule has 1 aliphatic carbocycles. The zero-order chi connectivity index (χ0) is 30.8. The quantitative estimate of drug-likeness (QED) is 0.341. The Morgan fingerprint density at radius 1 is 1.04 bits per heavy atom. The van der Waals surface area contributed by atoms with E-state index in [0.29, 0.717) is 31.2 Å². The smallest absolute Gasteiger partial charge is 0.410 e. The molecule has 3 saturated heterocycles. The Morgan fingerprint density at radius 3 is 2.60 bits per heavy atom. The van der Waals surface area contributed by atoms with Gasteiger partial charge in [-0.2, -0.15) is 5.10 Å². The van der Waals surface area contributed by atoms with E-state index in [1.54, 1.807) is 10.7 Å². The topological polar surface area (TPSA) is 101 Å². The number of ether oxygens (including phenoxy) is 1. The summed E-state index contributed by atoms with van der Waals surface area (Å²) in [6.07, 6.45) is 5.12. The average Bonchev–Trinajstić information content (AvgIpc) is 3.51. The molecular formula is C34H40FN7O3. The summed E-state index contributed by atoms with van der Waals surface area (Å²) in [7, 11) is 0. The van der Waals surface area contributed by atoms with Gasteiger partial charge in [-0.25, -0.2) is 13.7 Å². The van der Waals surface area contributed by atoms with Crippen molar-refractivity contribution >= 4 is 34.1 Å². The second-order valence-corrected chi connectivity index (χ2v) is 13.4. The molecule has 1 saturated carbocycles. The standard InChI is InChI=1S/C34H40FN7O3/c1-21-29-7-5-24(33(43)39-19-25(35)15-26(36)20-39)18-42(29)37-32(21)31-14-23-4-6-28(16-30(23)41(31)17-22-2-3-22)38-10-8-27(9-11-38)40-12-13-45-34(40)44/h4-7,14,16,18,22,25-27H,2-3,8-13,15,17,19-20,36H2,1H3/t25-,26-/m1/s1. The highest BCUT2D eigenvalue weighted by Gasteiger charge is 2.33. The Balaban J connectivity index is 1.10. The summed E-state index contributed by atoms with van der Waals surface area (Å²) in [4.78, 5) is 31.2. The Bertz CT molecular complexity index is 1780. The number of carbonyl (C=O) groups is 2. The number of piperidine rings is 2. The molecule has 236 valence electrons. The van der Waals surface area contributed by atoms with Crippen molar-refractivity contribution in [1.29, 1.82) is 0 Å². The fourth-order valence-electron chi connectivity index (χ4n) is 7.53. The van der Waals surface area contributed by atoms with Crippen LogP contribution in [-0.4, -0.2) is 93.6 Å². The Kier molecular flexibility index (Phi) is 6.96. The van der Waals surface area contributed by atoms with Gasteiger partial charge in [0, 0.05) is 61.1 Å². The number of rotatable bonds is 6. The number of hydrogen-bond donors (Lipinski definition) is 1. The van der Waals surface area contributed by atoms with Crippen molar-refractivity contribution in [2.75, 3.05) is 44.2 Å². The molecule has 0 unspecified atom stereocenters. The first kappa shape index (κ1) is 28.4. The maximum Gasteiger partial charge on any atom is 0.410 e. The third kappa shape index (κ3) is 5.20. The van der Waals surface area contributed by atoms with Crippen LogP contribution in [0.15, 0.2) is 42.6 Å². The maximum absolute atomic E-state index is 14.2. The van der Waals surface area contributed by atoms with Crippen molar-refractivity contribution in [3.63, 3.8) is 0 Å². The lowest BCUT2D eigenvalue weighted by Crippen LogP contribution is -2.50. The van der Waals surface area contributed by atoms with Crippen LogP contribution in [0.25, 0.3) is 27.8 Å². The number of amides is 2. The van der Waals surface area contributed by atoms with Gasteiger partial charge in [0.05, 0.1) is 35.4 Å². The monoisotopic (exact) mass is 613 g/mol. The average molecular weight is 614 g/mol. The van der Waals surface area contributed by atoms with Gasteiger partial charge in [0.2, 0.25) is 0 Å². The molecule has 4 fully saturated rings. The number of nitrogens with two attached hydrogens (primary N) is 1. The second-order valence-electron chi connectivity index (χ2n) is 13.4. The highest BCUT2D eigenvalue weighted by atomic mass is 19.1. The van der Waals surface area contributed by atoms with Crippen molar-refractivity contribution in [3.8, 4) is 11.4 Å². The number of halogens is 1. The van der Waals surface area contributed by atoms with E-state index in [0.717, 1.165) is 54.9 Å². The minimum Gasteiger partial charge on any atom is -0.448 e. The molecule has 11 heteroatoms. The molecule has 2 amide bonds. The lowest BCUT2D eigenvalue weighted by molar-refractivity contribution is 0.0606. The van der Waals surface area contributed by atoms with E-state index in [-0.39, 0.29) is 37.0 Å². The number of benzene rings is 1. The summed E-state index contributed by atoms with van der Waals surface area (Å²) < 4.78 is 23.6. The van der Waals surface area contributed by atoms with E-state index in [1.807, 2.05) is 17.0 Å². The highest BCUT2D eigenvalue weighted by molar-refractivity contribution is 5.95. The normalized spacial score (nSPS) is 23.0. The van der Waals surface area contributed by atoms with Crippen LogP contribution >= 0.6 is 0 Å². The summed E-state index contributed by atoms with van der Waals surface area (Å²) in [5, 5.41) is 6.20. The molecule has 1 aromatic carbocycles. The van der Waals surface area contributed by atoms with Gasteiger partial charge in [-0.3, -0.25) is 4.79 Å². The summed E-state index contributed by atoms with van der Waals surface area (Å²) in [5.74, 6) is 0.444. The molecule has 2 atom stereocenters. The predicted octanol–water partition coefficient (Wildman–Crippen LogP) is 4.61. The van der Waals surface area contributed by atoms with Crippen LogP contribution in [0, 0.1) is 12.8 Å². The summed E-state index contributed by atoms with van der Waals surface area (Å²) in [6, 6.07) is 12.6. The summed E-state index contributed by atoms with van der Waals surface area (Å²) in [5.41, 5.74) is 12.9. The number of fused-ring (bicyclic) bond motifs is 2. The third-order valence-corrected chi connectivity index (χ3v) is 10.2. The van der Waals surface area contributed by atoms with Crippen LogP contribution in [0.3, 0.4) is 0 Å². The number of aryl methyl sites for hydroxylation is 1. The number of likely N-dealkylation sites (tertiary alicyclic amines) is 1. The minimum atomic E-state index is -1.10. The molecule has 0 radical (unpaired) electrons. The molecule has 6 heterocycles. The first-order valence-corrected chi connectivity index (χ1v) is 16.3. The largest absolute Gasteiger partial charge is 0.448 e. The molecule has 45 heavy (non-hydrogen) atoms. The van der Waals surface area contributed by atoms with Gasteiger partial charge in [0.15, 0.2) is 0 Å². The van der Waals surface area contributed by atoms with E-state index >= 15 is 0 Å². The third-order valence-electron chi connectivity index (χ3n) is 10.2. The van der Waals surface area contributed by atoms with Gasteiger partial charge in [-0.05, 0) is 75.3 Å². The molecule has 8 rings (SSSR count). The fraction of sp³-hybridized carbons (Fsp3) is 0.500. The number of nitrogens with zero attached hydrogens (tertiary/aromatic N) is 6. The van der Waals surface area contributed by atoms with Crippen LogP contribution < -0.4 is 10.6 Å². The molecule has 3 aliphatic heterocycles. The molecular weight excluding hydrogens is 573 g/mol. The van der Waals surface area contributed by atoms with E-state index in [9.17, 15) is 14.0 Å². The predicted molar refractivity (Wildman–Crippen MR) is 170 cm³/mol. The van der Waals surface area contributed by atoms with Crippen molar-refractivity contribution in [3.05, 3.63) is 53.7 Å². The zero-order valence-corrected chi connectivity index (χ0v) is 25.7. The van der Waals surface area contributed by atoms with Crippen molar-refractivity contribution in [1.82, 2.24) is 24.0 Å². The SMILES string of the molecule is Cc1c(-c2cc3ccc(N4CCC(N5CCOC5=O)CC4)cc3n2CC2CC2)nn2cc(C(=O)N3C[C@H](N)C[C@@H](F)C3)ccc12. The van der Waals surface area contributed by atoms with Crippen LogP contribution in [0.4, 0.5) is 14.9 Å². The minimum absolute atomic E-state index is 0.0717. The number of carbonyl (C=O) groups excluding carboxylic acids is 2. The van der Waals surface area contributed by atoms with Crippen LogP contribution in [0.5, 0.6) is 0 Å². The zero-order valence-electron chi connectivity index (χ0n) is 25.7. The van der Waals surface area contributed by atoms with Gasteiger partial charge in [0.1, 0.15) is 18.5 Å². The molecule has 4 aromatic rings. The highest BCUT2D eigenvalue weighted by Crippen LogP contribution is 2.38. The number of hydrogen-bond acceptors (Lipinski definition) is 6. The molecule has 3 aromatic heterocycles. The van der Waals surface area contributed by atoms with Crippen LogP contribution in [0.1, 0.15) is 48.0 Å². The van der Waals surface area contributed by atoms with Crippen molar-refractivity contribution in [2.24, 2.45) is 11.7 Å². The number of aromatic nitrogens is 3. The molecule has 4 aliphatic rings. The van der Waals surface area contributed by atoms with Crippen molar-refractivity contribution in [2.45, 2.75) is 63.8 Å². The lowest BCUT2D eigenvalue weighted by atomic mass is 10.0. The number of alkyl halides is 1. The van der Waals surface area contributed by atoms with Gasteiger partial charge >= 0.3 is 6.09 Å². The molecule has 0 spiro atoms. The maximum atomic E-state index is 14.2. The Labute approximate surface area is 261 Å². The molecule has 0 bridgehead atoms. The molecule has 2 N–H and O–H groups in total. The van der Waals surface area contributed by atoms with E-state index < -0.39 is 6.17 Å². The van der Waals surface area contributed by atoms with Crippen LogP contribution in [-0.2, 0) is 11.3 Å². The van der Waals surface area contributed by atoms with Gasteiger partial charge in [-0.15, -0.1) is 0 Å². The first-order chi connectivity index (χ1) is 21.8. The summed E-state index contributed by atoms with van der Waals surface area (Å²) in [6.45, 7) is 6.45. The second kappa shape index (κ2) is 11.0. The van der Waals surface area contributed by atoms with Crippen LogP contribution in [0.2, 0.25) is 0 Å². The Morgan fingerprint density at radius 2 is 1.87 bits per heavy atom. The summed E-state index contributed by atoms with van der Waals surface area (Å²) >= 11 is 0. The first-order valence-electron chi connectivity index (χ1n) is 16.3. The van der Waals surface area contributed by atoms with Gasteiger partial charge in [-0.1, -0.05) is 6.07 Å². The number of pyridine rings is 1. The van der Waals surface area contributed by atoms with E-state index in [4.69, 9.17) is 15.6 Å². The van der Waals surface area contributed by atoms with Crippen molar-refractivity contribution < 1.29 is 18.7 Å². The lowest BCUT2D eigenvalue weighted by Gasteiger charge is -2.36.